The summed E-state index contributed by atoms with van der Waals surface area (Å²) in [6.07, 6.45) is 0. The van der Waals surface area contributed by atoms with Crippen molar-refractivity contribution in [1.82, 2.24) is 4.98 Å². The molecule has 0 spiro atoms. The number of rotatable bonds is 4. The van der Waals surface area contributed by atoms with E-state index in [1.165, 1.54) is 11.3 Å². The van der Waals surface area contributed by atoms with Crippen molar-refractivity contribution in [3.63, 3.8) is 0 Å². The van der Waals surface area contributed by atoms with Crippen LogP contribution >= 0.6 is 22.9 Å². The summed E-state index contributed by atoms with van der Waals surface area (Å²) < 4.78 is 0. The fourth-order valence-electron chi connectivity index (χ4n) is 2.05. The van der Waals surface area contributed by atoms with Gasteiger partial charge in [0, 0.05) is 21.5 Å². The van der Waals surface area contributed by atoms with Crippen molar-refractivity contribution in [2.24, 2.45) is 5.10 Å². The average molecular weight is 344 g/mol. The molecule has 0 amide bonds. The van der Waals surface area contributed by atoms with Gasteiger partial charge in [0.2, 0.25) is 5.13 Å². The van der Waals surface area contributed by atoms with Gasteiger partial charge in [-0.3, -0.25) is 5.43 Å². The van der Waals surface area contributed by atoms with Crippen LogP contribution < -0.4 is 5.43 Å². The number of hydrazone groups is 1. The maximum atomic E-state index is 9.82. The molecule has 0 radical (unpaired) electrons. The van der Waals surface area contributed by atoms with Gasteiger partial charge in [0.1, 0.15) is 5.75 Å². The number of hydrogen-bond donors (Lipinski definition) is 2. The maximum Gasteiger partial charge on any atom is 0.203 e. The molecule has 4 nitrogen and oxygen atoms in total. The molecule has 0 aliphatic rings. The van der Waals surface area contributed by atoms with E-state index >= 15 is 0 Å². The first-order valence-corrected chi connectivity index (χ1v) is 8.19. The lowest BCUT2D eigenvalue weighted by Gasteiger charge is -2.03. The highest BCUT2D eigenvalue weighted by Crippen LogP contribution is 2.26. The molecule has 1 aromatic heterocycles. The zero-order valence-corrected chi connectivity index (χ0v) is 13.9. The van der Waals surface area contributed by atoms with Gasteiger partial charge in [0.25, 0.3) is 0 Å². The third kappa shape index (κ3) is 3.70. The van der Waals surface area contributed by atoms with E-state index in [-0.39, 0.29) is 5.75 Å². The second-order valence-corrected chi connectivity index (χ2v) is 6.17. The zero-order chi connectivity index (χ0) is 16.2. The van der Waals surface area contributed by atoms with Gasteiger partial charge >= 0.3 is 0 Å². The van der Waals surface area contributed by atoms with E-state index in [2.05, 4.69) is 15.5 Å². The summed E-state index contributed by atoms with van der Waals surface area (Å²) in [5.74, 6) is 0.205. The van der Waals surface area contributed by atoms with Gasteiger partial charge in [0.05, 0.1) is 11.4 Å². The first-order chi connectivity index (χ1) is 11.1. The maximum absolute atomic E-state index is 9.82. The fourth-order valence-corrected chi connectivity index (χ4v) is 2.84. The minimum Gasteiger partial charge on any atom is -0.507 e. The molecule has 0 atom stereocenters. The van der Waals surface area contributed by atoms with Crippen molar-refractivity contribution in [3.05, 3.63) is 64.5 Å². The van der Waals surface area contributed by atoms with Gasteiger partial charge in [-0.1, -0.05) is 35.9 Å². The molecule has 0 saturated heterocycles. The van der Waals surface area contributed by atoms with Crippen molar-refractivity contribution < 1.29 is 5.11 Å². The molecular formula is C17H14ClN3OS. The van der Waals surface area contributed by atoms with Gasteiger partial charge in [-0.15, -0.1) is 11.3 Å². The molecule has 3 rings (SSSR count). The Labute approximate surface area is 143 Å². The van der Waals surface area contributed by atoms with Gasteiger partial charge in [0.15, 0.2) is 0 Å². The van der Waals surface area contributed by atoms with Crippen LogP contribution in [0.5, 0.6) is 5.75 Å². The second-order valence-electron chi connectivity index (χ2n) is 4.87. The van der Waals surface area contributed by atoms with Crippen LogP contribution in [0, 0.1) is 0 Å². The largest absolute Gasteiger partial charge is 0.507 e. The Bertz CT molecular complexity index is 843. The number of phenols is 1. The minimum atomic E-state index is 0.205. The molecule has 1 heterocycles. The first-order valence-electron chi connectivity index (χ1n) is 6.93. The summed E-state index contributed by atoms with van der Waals surface area (Å²) in [5, 5.41) is 17.4. The van der Waals surface area contributed by atoms with E-state index in [1.807, 2.05) is 48.7 Å². The highest BCUT2D eigenvalue weighted by Gasteiger charge is 2.06. The molecule has 0 unspecified atom stereocenters. The Kier molecular flexibility index (Phi) is 4.60. The minimum absolute atomic E-state index is 0.205. The third-order valence-corrected chi connectivity index (χ3v) is 4.26. The number of benzene rings is 2. The predicted molar refractivity (Wildman–Crippen MR) is 96.5 cm³/mol. The number of thiazole rings is 1. The van der Waals surface area contributed by atoms with Crippen molar-refractivity contribution in [2.45, 2.75) is 6.92 Å². The zero-order valence-electron chi connectivity index (χ0n) is 12.3. The Balaban J connectivity index is 1.75. The highest BCUT2D eigenvalue weighted by molar-refractivity contribution is 7.14. The molecule has 3 aromatic rings. The lowest BCUT2D eigenvalue weighted by Crippen LogP contribution is -1.99. The summed E-state index contributed by atoms with van der Waals surface area (Å²) in [4.78, 5) is 4.49. The van der Waals surface area contributed by atoms with Crippen LogP contribution in [0.1, 0.15) is 12.5 Å². The van der Waals surface area contributed by atoms with E-state index in [9.17, 15) is 5.11 Å². The number of aromatic nitrogens is 1. The number of anilines is 1. The second kappa shape index (κ2) is 6.81. The standard InChI is InChI=1S/C17H14ClN3OS/c1-11(14-4-2-3-5-16(14)22)20-21-17-19-15(10-23-17)12-6-8-13(18)9-7-12/h2-10,22H,1H3,(H,19,21). The Morgan fingerprint density at radius 3 is 2.65 bits per heavy atom. The molecular weight excluding hydrogens is 330 g/mol. The van der Waals surface area contributed by atoms with Crippen LogP contribution in [0.4, 0.5) is 5.13 Å². The number of hydrogen-bond acceptors (Lipinski definition) is 5. The van der Waals surface area contributed by atoms with E-state index in [0.717, 1.165) is 11.3 Å². The molecule has 0 aliphatic heterocycles. The van der Waals surface area contributed by atoms with E-state index in [0.29, 0.717) is 21.4 Å². The summed E-state index contributed by atoms with van der Waals surface area (Å²) in [6, 6.07) is 14.6. The third-order valence-electron chi connectivity index (χ3n) is 3.26. The SMILES string of the molecule is CC(=NNc1nc(-c2ccc(Cl)cc2)cs1)c1ccccc1O. The molecule has 6 heteroatoms. The number of halogens is 1. The molecule has 0 bridgehead atoms. The monoisotopic (exact) mass is 343 g/mol. The predicted octanol–water partition coefficient (Wildman–Crippen LogP) is 5.01. The van der Waals surface area contributed by atoms with Gasteiger partial charge in [-0.25, -0.2) is 4.98 Å². The molecule has 23 heavy (non-hydrogen) atoms. The summed E-state index contributed by atoms with van der Waals surface area (Å²) >= 11 is 7.36. The molecule has 116 valence electrons. The summed E-state index contributed by atoms with van der Waals surface area (Å²) in [6.45, 7) is 1.83. The number of para-hydroxylation sites is 1. The molecule has 0 saturated carbocycles. The van der Waals surface area contributed by atoms with Gasteiger partial charge in [-0.05, 0) is 31.2 Å². The average Bonchev–Trinajstić information content (AvgIpc) is 3.03. The highest BCUT2D eigenvalue weighted by atomic mass is 35.5. The van der Waals surface area contributed by atoms with Crippen molar-refractivity contribution >= 4 is 33.8 Å². The number of nitrogens with zero attached hydrogens (tertiary/aromatic N) is 2. The Hall–Kier alpha value is -2.37. The molecule has 0 aliphatic carbocycles. The normalized spacial score (nSPS) is 11.5. The van der Waals surface area contributed by atoms with E-state index < -0.39 is 0 Å². The van der Waals surface area contributed by atoms with Gasteiger partial charge in [-0.2, -0.15) is 5.10 Å². The topological polar surface area (TPSA) is 57.5 Å². The lowest BCUT2D eigenvalue weighted by molar-refractivity contribution is 0.474. The van der Waals surface area contributed by atoms with Crippen molar-refractivity contribution in [3.8, 4) is 17.0 Å². The molecule has 2 aromatic carbocycles. The van der Waals surface area contributed by atoms with Crippen molar-refractivity contribution in [1.29, 1.82) is 0 Å². The molecule has 0 fully saturated rings. The quantitative estimate of drug-likeness (QED) is 0.517. The Morgan fingerprint density at radius 1 is 1.17 bits per heavy atom. The lowest BCUT2D eigenvalue weighted by atomic mass is 10.1. The van der Waals surface area contributed by atoms with Crippen molar-refractivity contribution in [2.75, 3.05) is 5.43 Å². The van der Waals surface area contributed by atoms with Crippen LogP contribution in [0.25, 0.3) is 11.3 Å². The summed E-state index contributed by atoms with van der Waals surface area (Å²) in [5.41, 5.74) is 6.17. The molecule has 2 N–H and O–H groups in total. The fraction of sp³-hybridized carbons (Fsp3) is 0.0588. The number of phenolic OH excluding ortho intramolecular Hbond substituents is 1. The van der Waals surface area contributed by atoms with Crippen LogP contribution in [0.15, 0.2) is 59.0 Å². The van der Waals surface area contributed by atoms with Crippen LogP contribution in [-0.2, 0) is 0 Å². The van der Waals surface area contributed by atoms with Crippen LogP contribution in [0.3, 0.4) is 0 Å². The van der Waals surface area contributed by atoms with Crippen LogP contribution in [0.2, 0.25) is 5.02 Å². The van der Waals surface area contributed by atoms with E-state index in [1.54, 1.807) is 12.1 Å². The Morgan fingerprint density at radius 2 is 1.91 bits per heavy atom. The first kappa shape index (κ1) is 15.5. The number of nitrogens with one attached hydrogen (secondary N) is 1. The number of aromatic hydroxyl groups is 1. The van der Waals surface area contributed by atoms with Gasteiger partial charge < -0.3 is 5.11 Å². The smallest absolute Gasteiger partial charge is 0.203 e. The van der Waals surface area contributed by atoms with Crippen LogP contribution in [-0.4, -0.2) is 15.8 Å². The summed E-state index contributed by atoms with van der Waals surface area (Å²) in [7, 11) is 0. The van der Waals surface area contributed by atoms with E-state index in [4.69, 9.17) is 11.6 Å².